The first-order chi connectivity index (χ1) is 21.9. The lowest BCUT2D eigenvalue weighted by atomic mass is 9.85. The quantitative estimate of drug-likeness (QED) is 0.129. The van der Waals surface area contributed by atoms with Gasteiger partial charge in [-0.25, -0.2) is 4.79 Å². The number of nitrogens with one attached hydrogen (secondary N) is 2. The summed E-state index contributed by atoms with van der Waals surface area (Å²) in [5, 5.41) is 5.39. The zero-order valence-corrected chi connectivity index (χ0v) is 26.0. The molecule has 9 heteroatoms. The van der Waals surface area contributed by atoms with E-state index in [0.717, 1.165) is 36.3 Å². The zero-order chi connectivity index (χ0) is 32.1. The van der Waals surface area contributed by atoms with Gasteiger partial charge in [0.25, 0.3) is 0 Å². The molecule has 1 saturated carbocycles. The van der Waals surface area contributed by atoms with Crippen LogP contribution in [0.1, 0.15) is 81.8 Å². The largest absolute Gasteiger partial charge is 0.461 e. The third-order valence-electron chi connectivity index (χ3n) is 7.82. The number of esters is 2. The molecule has 2 atom stereocenters. The molecule has 0 saturated heterocycles. The van der Waals surface area contributed by atoms with E-state index in [0.29, 0.717) is 0 Å². The molecule has 242 valence electrons. The van der Waals surface area contributed by atoms with Crippen molar-refractivity contribution in [1.29, 1.82) is 0 Å². The molecule has 1 fully saturated rings. The van der Waals surface area contributed by atoms with Crippen molar-refractivity contribution >= 4 is 23.8 Å². The first kappa shape index (κ1) is 35.3. The molecule has 0 spiro atoms. The molecule has 9 nitrogen and oxygen atoms in total. The number of carbonyl (C=O) groups excluding carboxylic acids is 4. The Labute approximate surface area is 266 Å². The number of terminal acetylenes is 1. The fraction of sp³-hybridized carbons (Fsp3) is 0.500. The summed E-state index contributed by atoms with van der Waals surface area (Å²) in [4.78, 5) is 51.8. The standard InChI is InChI=1S/C36H46N2O7/c1-2-24-43-27-32(37-33(39)21-13-12-16-28-14-6-3-7-15-28)35(41)38-31(36(42)45-26-30-19-10-5-11-20-30)22-23-34(40)44-25-29-17-8-4-9-18-29/h1,4-5,8-11,17-20,28,31-32H,3,6-7,12-16,21-27H2,(H,37,39)(H,38,41)/t31-,32+/m1/s1. The molecule has 3 rings (SSSR count). The van der Waals surface area contributed by atoms with Crippen LogP contribution in [0.4, 0.5) is 0 Å². The van der Waals surface area contributed by atoms with E-state index in [1.54, 1.807) is 0 Å². The van der Waals surface area contributed by atoms with E-state index in [2.05, 4.69) is 16.6 Å². The highest BCUT2D eigenvalue weighted by Gasteiger charge is 2.29. The van der Waals surface area contributed by atoms with Crippen LogP contribution in [0.5, 0.6) is 0 Å². The van der Waals surface area contributed by atoms with Crippen LogP contribution in [0.25, 0.3) is 0 Å². The van der Waals surface area contributed by atoms with Crippen LogP contribution in [0.15, 0.2) is 60.7 Å². The topological polar surface area (TPSA) is 120 Å². The maximum atomic E-state index is 13.4. The summed E-state index contributed by atoms with van der Waals surface area (Å²) in [6, 6.07) is 16.1. The van der Waals surface area contributed by atoms with Gasteiger partial charge in [0.05, 0.1) is 6.61 Å². The van der Waals surface area contributed by atoms with Gasteiger partial charge in [0.1, 0.15) is 31.9 Å². The Hall–Kier alpha value is -4.16. The number of hydrogen-bond acceptors (Lipinski definition) is 7. The Kier molecular flexibility index (Phi) is 16.3. The average molecular weight is 619 g/mol. The van der Waals surface area contributed by atoms with Crippen molar-refractivity contribution in [3.8, 4) is 12.3 Å². The predicted octanol–water partition coefficient (Wildman–Crippen LogP) is 5.01. The van der Waals surface area contributed by atoms with Gasteiger partial charge in [-0.3, -0.25) is 14.4 Å². The minimum absolute atomic E-state index is 0.00318. The van der Waals surface area contributed by atoms with E-state index >= 15 is 0 Å². The summed E-state index contributed by atoms with van der Waals surface area (Å²) in [5.74, 6) is 0.936. The van der Waals surface area contributed by atoms with E-state index in [9.17, 15) is 19.2 Å². The van der Waals surface area contributed by atoms with Crippen molar-refractivity contribution in [1.82, 2.24) is 10.6 Å². The van der Waals surface area contributed by atoms with Gasteiger partial charge in [-0.05, 0) is 29.9 Å². The van der Waals surface area contributed by atoms with Crippen molar-refractivity contribution in [3.05, 3.63) is 71.8 Å². The van der Waals surface area contributed by atoms with E-state index in [1.165, 1.54) is 32.1 Å². The maximum absolute atomic E-state index is 13.4. The van der Waals surface area contributed by atoms with Gasteiger partial charge >= 0.3 is 11.9 Å². The summed E-state index contributed by atoms with van der Waals surface area (Å²) >= 11 is 0. The number of carbonyl (C=O) groups is 4. The zero-order valence-electron chi connectivity index (χ0n) is 26.0. The highest BCUT2D eigenvalue weighted by Crippen LogP contribution is 2.27. The summed E-state index contributed by atoms with van der Waals surface area (Å²) in [6.07, 6.45) is 14.6. The molecule has 2 amide bonds. The van der Waals surface area contributed by atoms with Crippen LogP contribution in [0.2, 0.25) is 0 Å². The van der Waals surface area contributed by atoms with Gasteiger partial charge in [0.2, 0.25) is 11.8 Å². The number of hydrogen-bond donors (Lipinski definition) is 2. The molecule has 0 heterocycles. The summed E-state index contributed by atoms with van der Waals surface area (Å²) < 4.78 is 16.2. The fourth-order valence-corrected chi connectivity index (χ4v) is 5.30. The molecule has 0 unspecified atom stereocenters. The molecule has 45 heavy (non-hydrogen) atoms. The van der Waals surface area contributed by atoms with Crippen LogP contribution >= 0.6 is 0 Å². The van der Waals surface area contributed by atoms with Crippen LogP contribution < -0.4 is 10.6 Å². The lowest BCUT2D eigenvalue weighted by Gasteiger charge is -2.23. The second-order valence-electron chi connectivity index (χ2n) is 11.4. The monoisotopic (exact) mass is 618 g/mol. The van der Waals surface area contributed by atoms with Crippen molar-refractivity contribution in [3.63, 3.8) is 0 Å². The van der Waals surface area contributed by atoms with Crippen molar-refractivity contribution in [2.45, 2.75) is 95.9 Å². The number of rotatable bonds is 19. The van der Waals surface area contributed by atoms with Gasteiger partial charge in [0, 0.05) is 12.8 Å². The van der Waals surface area contributed by atoms with Gasteiger partial charge in [-0.1, -0.05) is 112 Å². The number of unbranched alkanes of at least 4 members (excludes halogenated alkanes) is 1. The van der Waals surface area contributed by atoms with Crippen LogP contribution in [-0.2, 0) is 46.6 Å². The normalized spacial score (nSPS) is 14.4. The van der Waals surface area contributed by atoms with Gasteiger partial charge in [-0.15, -0.1) is 6.42 Å². The van der Waals surface area contributed by atoms with E-state index < -0.39 is 29.9 Å². The maximum Gasteiger partial charge on any atom is 0.328 e. The Morgan fingerprint density at radius 3 is 2.09 bits per heavy atom. The number of ether oxygens (including phenoxy) is 3. The molecule has 2 aromatic rings. The van der Waals surface area contributed by atoms with Crippen LogP contribution in [0.3, 0.4) is 0 Å². The Bertz CT molecular complexity index is 1220. The Morgan fingerprint density at radius 1 is 0.800 bits per heavy atom. The van der Waals surface area contributed by atoms with Gasteiger partial charge in [-0.2, -0.15) is 0 Å². The molecular formula is C36H46N2O7. The fourth-order valence-electron chi connectivity index (χ4n) is 5.30. The first-order valence-electron chi connectivity index (χ1n) is 16.0. The molecule has 2 aromatic carbocycles. The Morgan fingerprint density at radius 2 is 1.44 bits per heavy atom. The second kappa shape index (κ2) is 20.7. The van der Waals surface area contributed by atoms with E-state index in [4.69, 9.17) is 20.6 Å². The Balaban J connectivity index is 1.57. The molecule has 1 aliphatic rings. The van der Waals surface area contributed by atoms with Crippen LogP contribution in [0, 0.1) is 18.3 Å². The predicted molar refractivity (Wildman–Crippen MR) is 170 cm³/mol. The SMILES string of the molecule is C#CCOC[C@H](NC(=O)CCCCC1CCCCC1)C(=O)N[C@H](CCC(=O)OCc1ccccc1)C(=O)OCc1ccccc1. The molecule has 0 bridgehead atoms. The molecule has 0 aliphatic heterocycles. The van der Waals surface area contributed by atoms with Crippen molar-refractivity contribution in [2.24, 2.45) is 5.92 Å². The minimum atomic E-state index is -1.16. The average Bonchev–Trinajstić information content (AvgIpc) is 3.07. The number of benzene rings is 2. The third kappa shape index (κ3) is 14.4. The van der Waals surface area contributed by atoms with Gasteiger partial charge < -0.3 is 24.8 Å². The summed E-state index contributed by atoms with van der Waals surface area (Å²) in [7, 11) is 0. The smallest absolute Gasteiger partial charge is 0.328 e. The first-order valence-corrected chi connectivity index (χ1v) is 16.0. The van der Waals surface area contributed by atoms with Crippen molar-refractivity contribution < 1.29 is 33.4 Å². The van der Waals surface area contributed by atoms with Crippen molar-refractivity contribution in [2.75, 3.05) is 13.2 Å². The highest BCUT2D eigenvalue weighted by molar-refractivity contribution is 5.91. The number of amides is 2. The molecule has 1 aliphatic carbocycles. The highest BCUT2D eigenvalue weighted by atomic mass is 16.5. The molecule has 0 radical (unpaired) electrons. The lowest BCUT2D eigenvalue weighted by Crippen LogP contribution is -2.53. The summed E-state index contributed by atoms with van der Waals surface area (Å²) in [5.41, 5.74) is 1.60. The second-order valence-corrected chi connectivity index (χ2v) is 11.4. The van der Waals surface area contributed by atoms with Gasteiger partial charge in [0.15, 0.2) is 0 Å². The molecular weight excluding hydrogens is 572 g/mol. The summed E-state index contributed by atoms with van der Waals surface area (Å²) in [6.45, 7) is -0.126. The van der Waals surface area contributed by atoms with Crippen LogP contribution in [-0.4, -0.2) is 49.1 Å². The minimum Gasteiger partial charge on any atom is -0.461 e. The third-order valence-corrected chi connectivity index (χ3v) is 7.82. The molecule has 0 aromatic heterocycles. The lowest BCUT2D eigenvalue weighted by molar-refractivity contribution is -0.151. The van der Waals surface area contributed by atoms with E-state index in [1.807, 2.05) is 60.7 Å². The van der Waals surface area contributed by atoms with E-state index in [-0.39, 0.29) is 51.6 Å². The molecule has 2 N–H and O–H groups in total.